The lowest BCUT2D eigenvalue weighted by molar-refractivity contribution is 0.00948. The Morgan fingerprint density at radius 3 is 2.54 bits per heavy atom. The molecule has 0 unspecified atom stereocenters. The van der Waals surface area contributed by atoms with Crippen molar-refractivity contribution < 1.29 is 0 Å². The van der Waals surface area contributed by atoms with Gasteiger partial charge in [0, 0.05) is 43.8 Å². The topological polar surface area (TPSA) is 52.8 Å². The lowest BCUT2D eigenvalue weighted by atomic mass is 9.83. The van der Waals surface area contributed by atoms with Gasteiger partial charge < -0.3 is 9.80 Å². The van der Waals surface area contributed by atoms with Crippen LogP contribution in [0.15, 0.2) is 42.7 Å². The van der Waals surface area contributed by atoms with Crippen LogP contribution in [0.5, 0.6) is 0 Å². The molecule has 0 radical (unpaired) electrons. The average Bonchev–Trinajstić information content (AvgIpc) is 3.20. The SMILES string of the molecule is CN1CCN(C)C2(CCN(c3cc(-c4ccccc4)nn4cnnc34)CC2)C1. The first kappa shape index (κ1) is 17.6. The van der Waals surface area contributed by atoms with Crippen molar-refractivity contribution in [2.24, 2.45) is 0 Å². The average molecular weight is 377 g/mol. The number of hydrogen-bond donors (Lipinski definition) is 0. The van der Waals surface area contributed by atoms with Crippen molar-refractivity contribution in [3.8, 4) is 11.3 Å². The Hall–Kier alpha value is -2.51. The lowest BCUT2D eigenvalue weighted by Gasteiger charge is -2.52. The third-order valence-electron chi connectivity index (χ3n) is 6.54. The highest BCUT2D eigenvalue weighted by Crippen LogP contribution is 2.35. The van der Waals surface area contributed by atoms with Crippen LogP contribution in [0.1, 0.15) is 12.8 Å². The van der Waals surface area contributed by atoms with Gasteiger partial charge in [-0.25, -0.2) is 0 Å². The van der Waals surface area contributed by atoms with E-state index in [0.717, 1.165) is 68.2 Å². The predicted molar refractivity (Wildman–Crippen MR) is 111 cm³/mol. The summed E-state index contributed by atoms with van der Waals surface area (Å²) >= 11 is 0. The zero-order chi connectivity index (χ0) is 19.1. The first-order chi connectivity index (χ1) is 13.6. The Morgan fingerprint density at radius 1 is 0.964 bits per heavy atom. The van der Waals surface area contributed by atoms with E-state index in [0.29, 0.717) is 5.54 Å². The second kappa shape index (κ2) is 6.83. The fourth-order valence-electron chi connectivity index (χ4n) is 4.76. The summed E-state index contributed by atoms with van der Waals surface area (Å²) < 4.78 is 1.81. The third kappa shape index (κ3) is 2.95. The van der Waals surface area contributed by atoms with Gasteiger partial charge in [-0.15, -0.1) is 10.2 Å². The highest BCUT2D eigenvalue weighted by Gasteiger charge is 2.41. The molecule has 4 heterocycles. The second-order valence-corrected chi connectivity index (χ2v) is 8.25. The van der Waals surface area contributed by atoms with E-state index in [1.165, 1.54) is 0 Å². The van der Waals surface area contributed by atoms with Crippen LogP contribution in [0, 0.1) is 0 Å². The van der Waals surface area contributed by atoms with Crippen molar-refractivity contribution in [1.82, 2.24) is 29.6 Å². The smallest absolute Gasteiger partial charge is 0.200 e. The van der Waals surface area contributed by atoms with Gasteiger partial charge in [-0.05, 0) is 33.0 Å². The molecule has 1 aromatic carbocycles. The summed E-state index contributed by atoms with van der Waals surface area (Å²) in [5.41, 5.74) is 4.33. The van der Waals surface area contributed by atoms with E-state index < -0.39 is 0 Å². The summed E-state index contributed by atoms with van der Waals surface area (Å²) in [6.07, 6.45) is 4.02. The maximum Gasteiger partial charge on any atom is 0.200 e. The number of piperazine rings is 1. The van der Waals surface area contributed by atoms with Crippen LogP contribution < -0.4 is 4.90 Å². The molecule has 146 valence electrons. The number of hydrogen-bond acceptors (Lipinski definition) is 6. The highest BCUT2D eigenvalue weighted by molar-refractivity contribution is 5.74. The zero-order valence-corrected chi connectivity index (χ0v) is 16.6. The van der Waals surface area contributed by atoms with Crippen LogP contribution in [0.2, 0.25) is 0 Å². The van der Waals surface area contributed by atoms with Gasteiger partial charge in [0.05, 0.1) is 11.4 Å². The first-order valence-corrected chi connectivity index (χ1v) is 10.1. The van der Waals surface area contributed by atoms with E-state index in [2.05, 4.69) is 57.2 Å². The number of likely N-dealkylation sites (N-methyl/N-ethyl adjacent to an activating group) is 2. The van der Waals surface area contributed by atoms with Gasteiger partial charge in [0.1, 0.15) is 6.33 Å². The van der Waals surface area contributed by atoms with E-state index in [9.17, 15) is 0 Å². The van der Waals surface area contributed by atoms with Crippen LogP contribution in [-0.2, 0) is 0 Å². The molecule has 0 atom stereocenters. The fraction of sp³-hybridized carbons (Fsp3) is 0.476. The van der Waals surface area contributed by atoms with Crippen LogP contribution in [0.25, 0.3) is 16.9 Å². The van der Waals surface area contributed by atoms with E-state index in [4.69, 9.17) is 5.10 Å². The number of anilines is 1. The van der Waals surface area contributed by atoms with E-state index in [-0.39, 0.29) is 0 Å². The maximum atomic E-state index is 4.72. The van der Waals surface area contributed by atoms with Gasteiger partial charge in [-0.2, -0.15) is 9.61 Å². The van der Waals surface area contributed by atoms with Crippen LogP contribution in [0.4, 0.5) is 5.69 Å². The molecule has 2 aliphatic rings. The molecule has 2 aromatic heterocycles. The second-order valence-electron chi connectivity index (χ2n) is 8.25. The van der Waals surface area contributed by atoms with Gasteiger partial charge in [-0.1, -0.05) is 30.3 Å². The quantitative estimate of drug-likeness (QED) is 0.681. The van der Waals surface area contributed by atoms with Crippen LogP contribution in [-0.4, -0.2) is 82.0 Å². The van der Waals surface area contributed by atoms with Crippen LogP contribution in [0.3, 0.4) is 0 Å². The van der Waals surface area contributed by atoms with Crippen molar-refractivity contribution in [3.05, 3.63) is 42.7 Å². The standard InChI is InChI=1S/C21H27N7/c1-25-12-13-26(2)21(15-25)8-10-27(11-9-21)19-14-18(17-6-4-3-5-7-17)24-28-16-22-23-20(19)28/h3-7,14,16H,8-13,15H2,1-2H3. The molecule has 7 heteroatoms. The van der Waals surface area contributed by atoms with Crippen molar-refractivity contribution in [2.45, 2.75) is 18.4 Å². The Kier molecular flexibility index (Phi) is 4.29. The van der Waals surface area contributed by atoms with Crippen molar-refractivity contribution in [3.63, 3.8) is 0 Å². The Balaban J connectivity index is 1.46. The maximum absolute atomic E-state index is 4.72. The van der Waals surface area contributed by atoms with Gasteiger partial charge in [-0.3, -0.25) is 4.90 Å². The molecule has 0 aliphatic carbocycles. The summed E-state index contributed by atoms with van der Waals surface area (Å²) in [5, 5.41) is 13.2. The largest absolute Gasteiger partial charge is 0.368 e. The molecule has 28 heavy (non-hydrogen) atoms. The predicted octanol–water partition coefficient (Wildman–Crippen LogP) is 2.01. The van der Waals surface area contributed by atoms with Crippen molar-refractivity contribution >= 4 is 11.3 Å². The third-order valence-corrected chi connectivity index (χ3v) is 6.54. The molecule has 2 fully saturated rings. The minimum Gasteiger partial charge on any atom is -0.368 e. The summed E-state index contributed by atoms with van der Waals surface area (Å²) in [6, 6.07) is 12.5. The monoisotopic (exact) mass is 377 g/mol. The molecule has 2 aliphatic heterocycles. The van der Waals surface area contributed by atoms with E-state index in [1.807, 2.05) is 22.7 Å². The molecule has 0 amide bonds. The number of benzene rings is 1. The molecule has 7 nitrogen and oxygen atoms in total. The number of piperidine rings is 1. The number of nitrogens with zero attached hydrogens (tertiary/aromatic N) is 7. The van der Waals surface area contributed by atoms with Crippen molar-refractivity contribution in [2.75, 3.05) is 51.7 Å². The lowest BCUT2D eigenvalue weighted by Crippen LogP contribution is -2.63. The molecule has 2 saturated heterocycles. The molecular weight excluding hydrogens is 350 g/mol. The first-order valence-electron chi connectivity index (χ1n) is 10.1. The fourth-order valence-corrected chi connectivity index (χ4v) is 4.76. The van der Waals surface area contributed by atoms with E-state index >= 15 is 0 Å². The van der Waals surface area contributed by atoms with Gasteiger partial charge in [0.25, 0.3) is 0 Å². The molecule has 1 spiro atoms. The summed E-state index contributed by atoms with van der Waals surface area (Å²) in [5.74, 6) is 0. The molecule has 5 rings (SSSR count). The van der Waals surface area contributed by atoms with Gasteiger partial charge >= 0.3 is 0 Å². The van der Waals surface area contributed by atoms with Gasteiger partial charge in [0.2, 0.25) is 5.65 Å². The Labute approximate surface area is 165 Å². The molecule has 3 aromatic rings. The minimum absolute atomic E-state index is 0.294. The highest BCUT2D eigenvalue weighted by atomic mass is 15.4. The minimum atomic E-state index is 0.294. The summed E-state index contributed by atoms with van der Waals surface area (Å²) in [7, 11) is 4.54. The Bertz CT molecular complexity index is 959. The molecule has 0 saturated carbocycles. The van der Waals surface area contributed by atoms with Crippen molar-refractivity contribution in [1.29, 1.82) is 0 Å². The van der Waals surface area contributed by atoms with Crippen LogP contribution >= 0.6 is 0 Å². The zero-order valence-electron chi connectivity index (χ0n) is 16.6. The number of rotatable bonds is 2. The summed E-state index contributed by atoms with van der Waals surface area (Å²) in [6.45, 7) is 5.52. The molecule has 0 bridgehead atoms. The van der Waals surface area contributed by atoms with E-state index in [1.54, 1.807) is 6.33 Å². The normalized spacial score (nSPS) is 20.9. The Morgan fingerprint density at radius 2 is 1.75 bits per heavy atom. The molecule has 0 N–H and O–H groups in total. The number of fused-ring (bicyclic) bond motifs is 1. The molecular formula is C21H27N7. The van der Waals surface area contributed by atoms with Gasteiger partial charge in [0.15, 0.2) is 0 Å². The number of aromatic nitrogens is 4. The summed E-state index contributed by atoms with van der Waals surface area (Å²) in [4.78, 5) is 7.52.